The van der Waals surface area contributed by atoms with Crippen LogP contribution in [0.25, 0.3) is 0 Å². The lowest BCUT2D eigenvalue weighted by Gasteiger charge is -2.29. The van der Waals surface area contributed by atoms with E-state index in [1.54, 1.807) is 0 Å². The lowest BCUT2D eigenvalue weighted by Crippen LogP contribution is -2.43. The predicted octanol–water partition coefficient (Wildman–Crippen LogP) is 2.33. The zero-order chi connectivity index (χ0) is 14.6. The van der Waals surface area contributed by atoms with Gasteiger partial charge >= 0.3 is 0 Å². The number of hydrogen-bond acceptors (Lipinski definition) is 5. The van der Waals surface area contributed by atoms with Crippen molar-refractivity contribution in [3.63, 3.8) is 0 Å². The van der Waals surface area contributed by atoms with E-state index in [9.17, 15) is 0 Å². The van der Waals surface area contributed by atoms with E-state index in [0.717, 1.165) is 37.9 Å². The van der Waals surface area contributed by atoms with Gasteiger partial charge < -0.3 is 9.84 Å². The summed E-state index contributed by atoms with van der Waals surface area (Å²) in [5.74, 6) is 1.52. The van der Waals surface area contributed by atoms with Crippen molar-refractivity contribution < 1.29 is 4.52 Å². The third kappa shape index (κ3) is 4.28. The molecule has 20 heavy (non-hydrogen) atoms. The molecule has 0 saturated carbocycles. The summed E-state index contributed by atoms with van der Waals surface area (Å²) in [4.78, 5) is 6.91. The number of rotatable bonds is 5. The third-order valence-corrected chi connectivity index (χ3v) is 3.81. The van der Waals surface area contributed by atoms with Crippen LogP contribution in [0.1, 0.15) is 58.7 Å². The van der Waals surface area contributed by atoms with Crippen molar-refractivity contribution in [1.82, 2.24) is 20.4 Å². The lowest BCUT2D eigenvalue weighted by atomic mass is 9.97. The molecular weight excluding hydrogens is 252 g/mol. The Hall–Kier alpha value is -0.940. The molecule has 1 aromatic heterocycles. The summed E-state index contributed by atoms with van der Waals surface area (Å²) >= 11 is 0. The minimum Gasteiger partial charge on any atom is -0.339 e. The topological polar surface area (TPSA) is 54.2 Å². The quantitative estimate of drug-likeness (QED) is 0.897. The molecule has 2 heterocycles. The van der Waals surface area contributed by atoms with Crippen molar-refractivity contribution in [2.75, 3.05) is 19.6 Å². The molecule has 0 radical (unpaired) electrons. The van der Waals surface area contributed by atoms with E-state index in [1.807, 2.05) is 0 Å². The Morgan fingerprint density at radius 1 is 1.35 bits per heavy atom. The number of nitrogens with one attached hydrogen (secondary N) is 1. The van der Waals surface area contributed by atoms with Crippen LogP contribution < -0.4 is 5.32 Å². The molecule has 1 aromatic rings. The Morgan fingerprint density at radius 2 is 2.15 bits per heavy atom. The van der Waals surface area contributed by atoms with Gasteiger partial charge in [0.25, 0.3) is 0 Å². The first kappa shape index (κ1) is 15.4. The van der Waals surface area contributed by atoms with Crippen LogP contribution in [0.2, 0.25) is 0 Å². The SMILES string of the molecule is CCN(Cc1noc(C(C)(C)C)n1)CC1CCCCN1. The van der Waals surface area contributed by atoms with Crippen LogP contribution >= 0.6 is 0 Å². The molecular formula is C15H28N4O. The summed E-state index contributed by atoms with van der Waals surface area (Å²) in [6.45, 7) is 12.5. The second-order valence-corrected chi connectivity index (χ2v) is 6.74. The molecule has 2 rings (SSSR count). The van der Waals surface area contributed by atoms with E-state index in [-0.39, 0.29) is 5.41 Å². The van der Waals surface area contributed by atoms with Gasteiger partial charge in [0, 0.05) is 18.0 Å². The maximum absolute atomic E-state index is 5.36. The Balaban J connectivity index is 1.90. The predicted molar refractivity (Wildman–Crippen MR) is 79.6 cm³/mol. The molecule has 0 aliphatic carbocycles. The Morgan fingerprint density at radius 3 is 2.70 bits per heavy atom. The molecule has 1 fully saturated rings. The van der Waals surface area contributed by atoms with Gasteiger partial charge in [0.2, 0.25) is 5.89 Å². The van der Waals surface area contributed by atoms with E-state index in [1.165, 1.54) is 19.3 Å². The molecule has 1 saturated heterocycles. The standard InChI is InChI=1S/C15H28N4O/c1-5-19(10-12-8-6-7-9-16-12)11-13-17-14(20-18-13)15(2,3)4/h12,16H,5-11H2,1-4H3. The van der Waals surface area contributed by atoms with Crippen LogP contribution in [0.3, 0.4) is 0 Å². The molecule has 0 bridgehead atoms. The molecule has 114 valence electrons. The third-order valence-electron chi connectivity index (χ3n) is 3.81. The van der Waals surface area contributed by atoms with Crippen molar-refractivity contribution in [2.45, 2.75) is 65.0 Å². The lowest BCUT2D eigenvalue weighted by molar-refractivity contribution is 0.219. The molecule has 0 amide bonds. The summed E-state index contributed by atoms with van der Waals surface area (Å²) < 4.78 is 5.36. The second-order valence-electron chi connectivity index (χ2n) is 6.74. The van der Waals surface area contributed by atoms with E-state index < -0.39 is 0 Å². The van der Waals surface area contributed by atoms with Gasteiger partial charge in [-0.05, 0) is 25.9 Å². The smallest absolute Gasteiger partial charge is 0.232 e. The highest BCUT2D eigenvalue weighted by Crippen LogP contribution is 2.20. The van der Waals surface area contributed by atoms with Gasteiger partial charge in [0.15, 0.2) is 5.82 Å². The maximum Gasteiger partial charge on any atom is 0.232 e. The number of likely N-dealkylation sites (N-methyl/N-ethyl adjacent to an activating group) is 1. The number of nitrogens with zero attached hydrogens (tertiary/aromatic N) is 3. The highest BCUT2D eigenvalue weighted by atomic mass is 16.5. The van der Waals surface area contributed by atoms with Crippen molar-refractivity contribution in [3.05, 3.63) is 11.7 Å². The minimum absolute atomic E-state index is 0.0762. The highest BCUT2D eigenvalue weighted by molar-refractivity contribution is 4.98. The van der Waals surface area contributed by atoms with Crippen molar-refractivity contribution in [3.8, 4) is 0 Å². The largest absolute Gasteiger partial charge is 0.339 e. The Bertz CT molecular complexity index is 404. The summed E-state index contributed by atoms with van der Waals surface area (Å²) in [6, 6.07) is 0.609. The summed E-state index contributed by atoms with van der Waals surface area (Å²) in [6.07, 6.45) is 3.92. The number of piperidine rings is 1. The average molecular weight is 280 g/mol. The first-order valence-corrected chi connectivity index (χ1v) is 7.78. The molecule has 1 aliphatic rings. The van der Waals surface area contributed by atoms with Crippen LogP contribution in [0.5, 0.6) is 0 Å². The van der Waals surface area contributed by atoms with E-state index in [4.69, 9.17) is 4.52 Å². The molecule has 5 heteroatoms. The fourth-order valence-electron chi connectivity index (χ4n) is 2.52. The van der Waals surface area contributed by atoms with Crippen molar-refractivity contribution in [2.24, 2.45) is 0 Å². The van der Waals surface area contributed by atoms with E-state index >= 15 is 0 Å². The van der Waals surface area contributed by atoms with Crippen LogP contribution in [-0.2, 0) is 12.0 Å². The van der Waals surface area contributed by atoms with Gasteiger partial charge in [-0.3, -0.25) is 4.90 Å². The molecule has 1 aliphatic heterocycles. The Labute approximate surface area is 122 Å². The molecule has 0 spiro atoms. The van der Waals surface area contributed by atoms with Gasteiger partial charge in [-0.1, -0.05) is 39.3 Å². The zero-order valence-electron chi connectivity index (χ0n) is 13.3. The molecule has 5 nitrogen and oxygen atoms in total. The Kier molecular flexibility index (Phi) is 5.16. The fourth-order valence-corrected chi connectivity index (χ4v) is 2.52. The van der Waals surface area contributed by atoms with Gasteiger partial charge in [0.05, 0.1) is 6.54 Å². The van der Waals surface area contributed by atoms with Crippen LogP contribution in [0, 0.1) is 0 Å². The van der Waals surface area contributed by atoms with Gasteiger partial charge in [-0.15, -0.1) is 0 Å². The molecule has 0 aromatic carbocycles. The maximum atomic E-state index is 5.36. The van der Waals surface area contributed by atoms with Crippen LogP contribution in [0.15, 0.2) is 4.52 Å². The fraction of sp³-hybridized carbons (Fsp3) is 0.867. The number of hydrogen-bond donors (Lipinski definition) is 1. The van der Waals surface area contributed by atoms with Crippen LogP contribution in [-0.4, -0.2) is 40.7 Å². The monoisotopic (exact) mass is 280 g/mol. The van der Waals surface area contributed by atoms with Crippen molar-refractivity contribution in [1.29, 1.82) is 0 Å². The minimum atomic E-state index is -0.0762. The molecule has 1 atom stereocenters. The van der Waals surface area contributed by atoms with Crippen LogP contribution in [0.4, 0.5) is 0 Å². The molecule has 1 N–H and O–H groups in total. The van der Waals surface area contributed by atoms with Gasteiger partial charge in [-0.25, -0.2) is 0 Å². The zero-order valence-corrected chi connectivity index (χ0v) is 13.3. The highest BCUT2D eigenvalue weighted by Gasteiger charge is 2.23. The number of aromatic nitrogens is 2. The van der Waals surface area contributed by atoms with E-state index in [2.05, 4.69) is 48.1 Å². The summed E-state index contributed by atoms with van der Waals surface area (Å²) in [7, 11) is 0. The average Bonchev–Trinajstić information content (AvgIpc) is 2.87. The normalized spacial score (nSPS) is 20.6. The first-order chi connectivity index (χ1) is 9.49. The van der Waals surface area contributed by atoms with Crippen molar-refractivity contribution >= 4 is 0 Å². The van der Waals surface area contributed by atoms with E-state index in [0.29, 0.717) is 6.04 Å². The summed E-state index contributed by atoms with van der Waals surface area (Å²) in [5.41, 5.74) is -0.0762. The van der Waals surface area contributed by atoms with Gasteiger partial charge in [0.1, 0.15) is 0 Å². The van der Waals surface area contributed by atoms with Gasteiger partial charge in [-0.2, -0.15) is 4.98 Å². The second kappa shape index (κ2) is 6.68. The summed E-state index contributed by atoms with van der Waals surface area (Å²) in [5, 5.41) is 7.71. The molecule has 1 unspecified atom stereocenters. The first-order valence-electron chi connectivity index (χ1n) is 7.78.